The summed E-state index contributed by atoms with van der Waals surface area (Å²) in [5, 5.41) is 3.71. The van der Waals surface area contributed by atoms with E-state index in [4.69, 9.17) is 0 Å². The standard InChI is InChI=1S/C18H33N/c1-6-8-9-10-16-13-15(7-2)11-12-17(16)14-19-18(3,4)5/h15-17,19H,7,9-14H2,1-5H3. The third kappa shape index (κ3) is 6.48. The molecule has 0 bridgehead atoms. The van der Waals surface area contributed by atoms with Crippen molar-refractivity contribution in [2.75, 3.05) is 6.54 Å². The lowest BCUT2D eigenvalue weighted by atomic mass is 9.71. The summed E-state index contributed by atoms with van der Waals surface area (Å²) in [5.74, 6) is 9.00. The molecule has 1 fully saturated rings. The Morgan fingerprint density at radius 3 is 2.47 bits per heavy atom. The zero-order valence-corrected chi connectivity index (χ0v) is 13.7. The van der Waals surface area contributed by atoms with Gasteiger partial charge in [0.15, 0.2) is 0 Å². The fourth-order valence-electron chi connectivity index (χ4n) is 3.24. The number of nitrogens with one attached hydrogen (secondary N) is 1. The second-order valence-corrected chi connectivity index (χ2v) is 7.20. The van der Waals surface area contributed by atoms with Crippen LogP contribution >= 0.6 is 0 Å². The van der Waals surface area contributed by atoms with Crippen LogP contribution in [-0.2, 0) is 0 Å². The summed E-state index contributed by atoms with van der Waals surface area (Å²) in [5.41, 5.74) is 0.245. The normalized spacial score (nSPS) is 27.7. The molecule has 0 aromatic carbocycles. The van der Waals surface area contributed by atoms with Crippen LogP contribution in [0.15, 0.2) is 0 Å². The van der Waals surface area contributed by atoms with Crippen molar-refractivity contribution < 1.29 is 0 Å². The van der Waals surface area contributed by atoms with E-state index in [2.05, 4.69) is 44.9 Å². The van der Waals surface area contributed by atoms with Crippen molar-refractivity contribution in [3.05, 3.63) is 0 Å². The molecule has 0 aromatic heterocycles. The Labute approximate surface area is 120 Å². The maximum absolute atomic E-state index is 3.71. The van der Waals surface area contributed by atoms with Crippen LogP contribution in [0.1, 0.15) is 73.1 Å². The van der Waals surface area contributed by atoms with Gasteiger partial charge >= 0.3 is 0 Å². The van der Waals surface area contributed by atoms with Crippen molar-refractivity contribution in [3.63, 3.8) is 0 Å². The van der Waals surface area contributed by atoms with Gasteiger partial charge < -0.3 is 5.32 Å². The molecule has 0 radical (unpaired) electrons. The van der Waals surface area contributed by atoms with Crippen LogP contribution in [0.25, 0.3) is 0 Å². The van der Waals surface area contributed by atoms with E-state index in [-0.39, 0.29) is 5.54 Å². The quantitative estimate of drug-likeness (QED) is 0.714. The summed E-state index contributed by atoms with van der Waals surface area (Å²) in [6, 6.07) is 0. The highest BCUT2D eigenvalue weighted by atomic mass is 14.9. The maximum Gasteiger partial charge on any atom is 0.00966 e. The molecule has 3 unspecified atom stereocenters. The van der Waals surface area contributed by atoms with Gasteiger partial charge in [-0.3, -0.25) is 0 Å². The summed E-state index contributed by atoms with van der Waals surface area (Å²) in [4.78, 5) is 0. The number of hydrogen-bond donors (Lipinski definition) is 1. The first-order valence-electron chi connectivity index (χ1n) is 8.11. The van der Waals surface area contributed by atoms with Crippen LogP contribution in [-0.4, -0.2) is 12.1 Å². The first-order chi connectivity index (χ1) is 8.96. The van der Waals surface area contributed by atoms with E-state index in [1.807, 2.05) is 6.92 Å². The number of hydrogen-bond acceptors (Lipinski definition) is 1. The molecule has 1 rings (SSSR count). The molecule has 0 saturated heterocycles. The van der Waals surface area contributed by atoms with E-state index in [1.165, 1.54) is 38.6 Å². The largest absolute Gasteiger partial charge is 0.312 e. The van der Waals surface area contributed by atoms with Crippen LogP contribution in [0.4, 0.5) is 0 Å². The zero-order valence-electron chi connectivity index (χ0n) is 13.7. The molecule has 1 aliphatic rings. The summed E-state index contributed by atoms with van der Waals surface area (Å²) in [6.07, 6.45) is 8.01. The summed E-state index contributed by atoms with van der Waals surface area (Å²) in [7, 11) is 0. The van der Waals surface area contributed by atoms with E-state index < -0.39 is 0 Å². The van der Waals surface area contributed by atoms with E-state index in [9.17, 15) is 0 Å². The Hall–Kier alpha value is -0.480. The molecule has 0 aliphatic heterocycles. The van der Waals surface area contributed by atoms with Gasteiger partial charge in [-0.2, -0.15) is 0 Å². The summed E-state index contributed by atoms with van der Waals surface area (Å²) < 4.78 is 0. The minimum absolute atomic E-state index is 0.245. The van der Waals surface area contributed by atoms with Crippen molar-refractivity contribution in [2.24, 2.45) is 17.8 Å². The Morgan fingerprint density at radius 2 is 1.89 bits per heavy atom. The SMILES string of the molecule is CC#CCCC1CC(CC)CCC1CNC(C)(C)C. The second-order valence-electron chi connectivity index (χ2n) is 7.20. The van der Waals surface area contributed by atoms with Gasteiger partial charge in [-0.25, -0.2) is 0 Å². The van der Waals surface area contributed by atoms with Gasteiger partial charge in [0.1, 0.15) is 0 Å². The van der Waals surface area contributed by atoms with E-state index in [1.54, 1.807) is 0 Å². The molecule has 0 heterocycles. The highest BCUT2D eigenvalue weighted by Gasteiger charge is 2.29. The molecule has 3 atom stereocenters. The van der Waals surface area contributed by atoms with Crippen LogP contribution in [0, 0.1) is 29.6 Å². The summed E-state index contributed by atoms with van der Waals surface area (Å²) in [6.45, 7) is 12.3. The average molecular weight is 263 g/mol. The van der Waals surface area contributed by atoms with Crippen molar-refractivity contribution in [3.8, 4) is 11.8 Å². The van der Waals surface area contributed by atoms with Crippen LogP contribution in [0.3, 0.4) is 0 Å². The molecule has 110 valence electrons. The fraction of sp³-hybridized carbons (Fsp3) is 0.889. The van der Waals surface area contributed by atoms with Crippen molar-refractivity contribution >= 4 is 0 Å². The molecule has 0 amide bonds. The molecule has 1 N–H and O–H groups in total. The first-order valence-corrected chi connectivity index (χ1v) is 8.11. The van der Waals surface area contributed by atoms with Gasteiger partial charge in [-0.05, 0) is 71.3 Å². The van der Waals surface area contributed by atoms with Crippen molar-refractivity contribution in [2.45, 2.75) is 78.7 Å². The van der Waals surface area contributed by atoms with Crippen LogP contribution in [0.5, 0.6) is 0 Å². The molecule has 0 aromatic rings. The average Bonchev–Trinajstić information content (AvgIpc) is 2.36. The van der Waals surface area contributed by atoms with E-state index >= 15 is 0 Å². The Kier molecular flexibility index (Phi) is 6.94. The highest BCUT2D eigenvalue weighted by molar-refractivity contribution is 4.96. The Balaban J connectivity index is 2.51. The third-order valence-electron chi connectivity index (χ3n) is 4.54. The molecular weight excluding hydrogens is 230 g/mol. The van der Waals surface area contributed by atoms with Gasteiger partial charge in [-0.15, -0.1) is 11.8 Å². The molecule has 1 nitrogen and oxygen atoms in total. The van der Waals surface area contributed by atoms with Gasteiger partial charge in [0, 0.05) is 12.0 Å². The van der Waals surface area contributed by atoms with Gasteiger partial charge in [0.05, 0.1) is 0 Å². The predicted molar refractivity (Wildman–Crippen MR) is 85.1 cm³/mol. The zero-order chi connectivity index (χ0) is 14.3. The van der Waals surface area contributed by atoms with E-state index in [0.717, 1.165) is 24.2 Å². The summed E-state index contributed by atoms with van der Waals surface area (Å²) >= 11 is 0. The smallest absolute Gasteiger partial charge is 0.00966 e. The Bertz CT molecular complexity index is 302. The van der Waals surface area contributed by atoms with E-state index in [0.29, 0.717) is 0 Å². The van der Waals surface area contributed by atoms with Gasteiger partial charge in [0.25, 0.3) is 0 Å². The molecular formula is C18H33N. The minimum atomic E-state index is 0.245. The monoisotopic (exact) mass is 263 g/mol. The lowest BCUT2D eigenvalue weighted by molar-refractivity contribution is 0.156. The maximum atomic E-state index is 3.71. The first kappa shape index (κ1) is 16.6. The van der Waals surface area contributed by atoms with Crippen molar-refractivity contribution in [1.29, 1.82) is 0 Å². The lowest BCUT2D eigenvalue weighted by Crippen LogP contribution is -2.42. The van der Waals surface area contributed by atoms with Crippen LogP contribution < -0.4 is 5.32 Å². The number of rotatable bonds is 5. The predicted octanol–water partition coefficient (Wildman–Crippen LogP) is 4.62. The fourth-order valence-corrected chi connectivity index (χ4v) is 3.24. The lowest BCUT2D eigenvalue weighted by Gasteiger charge is -2.37. The highest BCUT2D eigenvalue weighted by Crippen LogP contribution is 2.37. The van der Waals surface area contributed by atoms with Crippen LogP contribution in [0.2, 0.25) is 0 Å². The molecule has 1 heteroatoms. The second kappa shape index (κ2) is 7.95. The molecule has 1 aliphatic carbocycles. The topological polar surface area (TPSA) is 12.0 Å². The molecule has 19 heavy (non-hydrogen) atoms. The third-order valence-corrected chi connectivity index (χ3v) is 4.54. The van der Waals surface area contributed by atoms with Gasteiger partial charge in [-0.1, -0.05) is 19.8 Å². The molecule has 1 saturated carbocycles. The van der Waals surface area contributed by atoms with Gasteiger partial charge in [0.2, 0.25) is 0 Å². The molecule has 0 spiro atoms. The minimum Gasteiger partial charge on any atom is -0.312 e. The van der Waals surface area contributed by atoms with Crippen molar-refractivity contribution in [1.82, 2.24) is 5.32 Å². The Morgan fingerprint density at radius 1 is 1.16 bits per heavy atom.